The Balaban J connectivity index is 1.83. The minimum Gasteiger partial charge on any atom is -0.390 e. The summed E-state index contributed by atoms with van der Waals surface area (Å²) in [6.45, 7) is 4.07. The van der Waals surface area contributed by atoms with Crippen LogP contribution >= 0.6 is 0 Å². The number of aliphatic hydroxyl groups is 1. The SMILES string of the molecule is CC[C@H](C)N(CC#N)C(=O)C(N)C12CC3CC(CC(O)(C3)C1)C2. The number of hydrogen-bond donors (Lipinski definition) is 2. The molecule has 128 valence electrons. The van der Waals surface area contributed by atoms with Crippen LogP contribution in [0.3, 0.4) is 0 Å². The van der Waals surface area contributed by atoms with Gasteiger partial charge in [-0.1, -0.05) is 6.92 Å². The third-order valence-corrected chi connectivity index (χ3v) is 6.65. The average Bonchev–Trinajstić information content (AvgIpc) is 2.48. The second-order valence-electron chi connectivity index (χ2n) is 8.41. The van der Waals surface area contributed by atoms with E-state index in [9.17, 15) is 9.90 Å². The molecule has 0 aliphatic heterocycles. The molecule has 0 heterocycles. The second kappa shape index (κ2) is 5.75. The van der Waals surface area contributed by atoms with Gasteiger partial charge in [0.25, 0.3) is 0 Å². The average molecular weight is 319 g/mol. The van der Waals surface area contributed by atoms with Crippen LogP contribution in [0.1, 0.15) is 58.8 Å². The molecule has 3 unspecified atom stereocenters. The van der Waals surface area contributed by atoms with Crippen molar-refractivity contribution >= 4 is 5.91 Å². The molecule has 5 heteroatoms. The molecule has 4 rings (SSSR count). The zero-order valence-electron chi connectivity index (χ0n) is 14.3. The summed E-state index contributed by atoms with van der Waals surface area (Å²) in [6, 6.07) is 1.52. The van der Waals surface area contributed by atoms with Gasteiger partial charge in [0.15, 0.2) is 0 Å². The first-order valence-corrected chi connectivity index (χ1v) is 8.98. The van der Waals surface area contributed by atoms with E-state index in [1.54, 1.807) is 4.90 Å². The molecule has 0 spiro atoms. The molecule has 4 aliphatic carbocycles. The molecule has 23 heavy (non-hydrogen) atoms. The summed E-state index contributed by atoms with van der Waals surface area (Å²) >= 11 is 0. The lowest BCUT2D eigenvalue weighted by molar-refractivity contribution is -0.177. The first kappa shape index (κ1) is 16.7. The minimum atomic E-state index is -0.613. The second-order valence-corrected chi connectivity index (χ2v) is 8.41. The van der Waals surface area contributed by atoms with Crippen LogP contribution in [0.15, 0.2) is 0 Å². The highest BCUT2D eigenvalue weighted by molar-refractivity contribution is 5.83. The molecule has 0 radical (unpaired) electrons. The van der Waals surface area contributed by atoms with E-state index in [4.69, 9.17) is 11.0 Å². The summed E-state index contributed by atoms with van der Waals surface area (Å²) in [5.41, 5.74) is 5.61. The summed E-state index contributed by atoms with van der Waals surface area (Å²) in [6.07, 6.45) is 6.31. The maximum absolute atomic E-state index is 13.0. The fourth-order valence-electron chi connectivity index (χ4n) is 5.84. The van der Waals surface area contributed by atoms with Gasteiger partial charge in [0.2, 0.25) is 5.91 Å². The molecular weight excluding hydrogens is 290 g/mol. The van der Waals surface area contributed by atoms with Crippen LogP contribution in [-0.2, 0) is 4.79 Å². The fourth-order valence-corrected chi connectivity index (χ4v) is 5.84. The molecule has 4 bridgehead atoms. The maximum Gasteiger partial charge on any atom is 0.241 e. The van der Waals surface area contributed by atoms with Crippen LogP contribution in [0.25, 0.3) is 0 Å². The van der Waals surface area contributed by atoms with Gasteiger partial charge >= 0.3 is 0 Å². The lowest BCUT2D eigenvalue weighted by Gasteiger charge is -2.61. The summed E-state index contributed by atoms with van der Waals surface area (Å²) in [7, 11) is 0. The van der Waals surface area contributed by atoms with E-state index < -0.39 is 11.6 Å². The van der Waals surface area contributed by atoms with Crippen LogP contribution in [0.5, 0.6) is 0 Å². The van der Waals surface area contributed by atoms with Crippen molar-refractivity contribution in [2.24, 2.45) is 23.0 Å². The Morgan fingerprint density at radius 1 is 1.39 bits per heavy atom. The molecule has 1 amide bonds. The molecule has 4 atom stereocenters. The standard InChI is InChI=1S/C18H29N3O2/c1-3-12(2)21(5-4-19)16(22)15(20)17-7-13-6-14(8-17)10-18(23,9-13)11-17/h12-15,23H,3,5-11,20H2,1-2H3/t12-,13?,14?,15?,17?,18?/m0/s1. The number of nitriles is 1. The van der Waals surface area contributed by atoms with Gasteiger partial charge in [-0.25, -0.2) is 0 Å². The highest BCUT2D eigenvalue weighted by atomic mass is 16.3. The predicted octanol–water partition coefficient (Wildman–Crippen LogP) is 1.80. The first-order chi connectivity index (χ1) is 10.8. The number of hydrogen-bond acceptors (Lipinski definition) is 4. The highest BCUT2D eigenvalue weighted by Crippen LogP contribution is 2.62. The highest BCUT2D eigenvalue weighted by Gasteiger charge is 2.60. The zero-order valence-corrected chi connectivity index (χ0v) is 14.3. The number of amides is 1. The van der Waals surface area contributed by atoms with Crippen molar-refractivity contribution in [3.8, 4) is 6.07 Å². The topological polar surface area (TPSA) is 90.4 Å². The monoisotopic (exact) mass is 319 g/mol. The van der Waals surface area contributed by atoms with Gasteiger partial charge in [-0.15, -0.1) is 0 Å². The van der Waals surface area contributed by atoms with Crippen molar-refractivity contribution in [1.29, 1.82) is 5.26 Å². The van der Waals surface area contributed by atoms with Gasteiger partial charge < -0.3 is 15.7 Å². The third-order valence-electron chi connectivity index (χ3n) is 6.65. The van der Waals surface area contributed by atoms with Crippen molar-refractivity contribution in [3.05, 3.63) is 0 Å². The quantitative estimate of drug-likeness (QED) is 0.756. The van der Waals surface area contributed by atoms with E-state index in [1.165, 1.54) is 6.42 Å². The van der Waals surface area contributed by atoms with Crippen LogP contribution in [-0.4, -0.2) is 40.1 Å². The lowest BCUT2D eigenvalue weighted by Crippen LogP contribution is -2.64. The Labute approximate surface area is 138 Å². The van der Waals surface area contributed by atoms with Crippen molar-refractivity contribution < 1.29 is 9.90 Å². The van der Waals surface area contributed by atoms with Crippen LogP contribution in [0, 0.1) is 28.6 Å². The van der Waals surface area contributed by atoms with E-state index in [1.807, 2.05) is 13.8 Å². The number of rotatable bonds is 5. The molecule has 0 aromatic carbocycles. The van der Waals surface area contributed by atoms with E-state index >= 15 is 0 Å². The third kappa shape index (κ3) is 2.77. The Morgan fingerprint density at radius 2 is 2.00 bits per heavy atom. The zero-order chi connectivity index (χ0) is 16.8. The Kier molecular flexibility index (Phi) is 4.18. The Morgan fingerprint density at radius 3 is 2.48 bits per heavy atom. The normalized spacial score (nSPS) is 40.5. The molecule has 0 saturated heterocycles. The van der Waals surface area contributed by atoms with Crippen LogP contribution < -0.4 is 5.73 Å². The van der Waals surface area contributed by atoms with Crippen molar-refractivity contribution in [2.45, 2.75) is 76.5 Å². The molecule has 0 aromatic rings. The maximum atomic E-state index is 13.0. The number of nitrogens with zero attached hydrogens (tertiary/aromatic N) is 2. The van der Waals surface area contributed by atoms with Gasteiger partial charge in [-0.2, -0.15) is 5.26 Å². The van der Waals surface area contributed by atoms with Crippen molar-refractivity contribution in [2.75, 3.05) is 6.54 Å². The van der Waals surface area contributed by atoms with Crippen LogP contribution in [0.4, 0.5) is 0 Å². The van der Waals surface area contributed by atoms with Crippen LogP contribution in [0.2, 0.25) is 0 Å². The minimum absolute atomic E-state index is 0.0187. The fraction of sp³-hybridized carbons (Fsp3) is 0.889. The van der Waals surface area contributed by atoms with Crippen molar-refractivity contribution in [1.82, 2.24) is 4.90 Å². The molecule has 4 aliphatic rings. The Hall–Kier alpha value is -1.12. The first-order valence-electron chi connectivity index (χ1n) is 8.98. The largest absolute Gasteiger partial charge is 0.390 e. The smallest absolute Gasteiger partial charge is 0.241 e. The van der Waals surface area contributed by atoms with E-state index in [0.717, 1.165) is 32.1 Å². The van der Waals surface area contributed by atoms with E-state index in [-0.39, 0.29) is 23.9 Å². The number of nitrogens with two attached hydrogens (primary N) is 1. The molecule has 5 nitrogen and oxygen atoms in total. The summed E-state index contributed by atoms with van der Waals surface area (Å²) < 4.78 is 0. The molecule has 3 N–H and O–H groups in total. The summed E-state index contributed by atoms with van der Waals surface area (Å²) in [5.74, 6) is 0.910. The van der Waals surface area contributed by atoms with Gasteiger partial charge in [0.1, 0.15) is 6.54 Å². The van der Waals surface area contributed by atoms with Gasteiger partial charge in [0, 0.05) is 6.04 Å². The molecule has 0 aromatic heterocycles. The van der Waals surface area contributed by atoms with E-state index in [2.05, 4.69) is 6.07 Å². The van der Waals surface area contributed by atoms with Gasteiger partial charge in [-0.3, -0.25) is 4.79 Å². The lowest BCUT2D eigenvalue weighted by atomic mass is 9.46. The number of carbonyl (C=O) groups is 1. The van der Waals surface area contributed by atoms with Gasteiger partial charge in [-0.05, 0) is 69.1 Å². The predicted molar refractivity (Wildman–Crippen MR) is 87.1 cm³/mol. The summed E-state index contributed by atoms with van der Waals surface area (Å²) in [5, 5.41) is 19.9. The number of carbonyl (C=O) groups excluding carboxylic acids is 1. The molecular formula is C18H29N3O2. The molecule has 4 saturated carbocycles. The van der Waals surface area contributed by atoms with Crippen molar-refractivity contribution in [3.63, 3.8) is 0 Å². The molecule has 4 fully saturated rings. The Bertz CT molecular complexity index is 513. The van der Waals surface area contributed by atoms with Gasteiger partial charge in [0.05, 0.1) is 17.7 Å². The summed E-state index contributed by atoms with van der Waals surface area (Å²) in [4.78, 5) is 14.7. The van der Waals surface area contributed by atoms with E-state index in [0.29, 0.717) is 18.3 Å².